The molecule has 1 saturated heterocycles. The van der Waals surface area contributed by atoms with Crippen molar-refractivity contribution in [3.8, 4) is 0 Å². The van der Waals surface area contributed by atoms with Gasteiger partial charge in [0.05, 0.1) is 15.8 Å². The molecule has 0 N–H and O–H groups in total. The minimum Gasteiger partial charge on any atom is -0.228 e. The minimum absolute atomic E-state index is 0.0759. The van der Waals surface area contributed by atoms with Crippen molar-refractivity contribution < 1.29 is 8.42 Å². The van der Waals surface area contributed by atoms with Gasteiger partial charge in [-0.2, -0.15) is 0 Å². The van der Waals surface area contributed by atoms with Gasteiger partial charge in [-0.05, 0) is 36.8 Å². The summed E-state index contributed by atoms with van der Waals surface area (Å²) in [7, 11) is -2.94. The quantitative estimate of drug-likeness (QED) is 0.729. The first-order valence-corrected chi connectivity index (χ1v) is 10.1. The molecule has 2 nitrogen and oxygen atoms in total. The van der Waals surface area contributed by atoms with Gasteiger partial charge in [0.2, 0.25) is 0 Å². The number of hydrogen-bond donors (Lipinski definition) is 0. The molecular formula is C16H23BrO2S. The van der Waals surface area contributed by atoms with Crippen LogP contribution < -0.4 is 0 Å². The van der Waals surface area contributed by atoms with Crippen molar-refractivity contribution in [2.75, 3.05) is 5.75 Å². The number of hydrogen-bond acceptors (Lipinski definition) is 2. The molecule has 1 aromatic carbocycles. The van der Waals surface area contributed by atoms with Crippen molar-refractivity contribution in [2.24, 2.45) is 0 Å². The standard InChI is InChI=1S/C16H23BrO2S/c1-2-3-6-13-8-10-14(11-9-13)16(17)15-7-4-5-12-20(15,18)19/h8-11,15-16H,2-7,12H2,1H3. The van der Waals surface area contributed by atoms with E-state index < -0.39 is 9.84 Å². The molecule has 1 aliphatic rings. The second kappa shape index (κ2) is 7.08. The van der Waals surface area contributed by atoms with Crippen LogP contribution in [0.4, 0.5) is 0 Å². The summed E-state index contributed by atoms with van der Waals surface area (Å²) in [6, 6.07) is 8.42. The van der Waals surface area contributed by atoms with Crippen LogP contribution in [0.2, 0.25) is 0 Å². The lowest BCUT2D eigenvalue weighted by molar-refractivity contribution is 0.537. The van der Waals surface area contributed by atoms with Crippen LogP contribution in [0.15, 0.2) is 24.3 Å². The Hall–Kier alpha value is -0.350. The predicted molar refractivity (Wildman–Crippen MR) is 88.1 cm³/mol. The van der Waals surface area contributed by atoms with Gasteiger partial charge in [-0.25, -0.2) is 8.42 Å². The van der Waals surface area contributed by atoms with E-state index in [0.717, 1.165) is 31.2 Å². The van der Waals surface area contributed by atoms with E-state index in [-0.39, 0.29) is 10.1 Å². The van der Waals surface area contributed by atoms with Crippen LogP contribution in [0.3, 0.4) is 0 Å². The highest BCUT2D eigenvalue weighted by Gasteiger charge is 2.34. The Bertz CT molecular complexity index is 522. The third-order valence-electron chi connectivity index (χ3n) is 4.07. The topological polar surface area (TPSA) is 34.1 Å². The fourth-order valence-corrected chi connectivity index (χ4v) is 6.28. The molecule has 1 heterocycles. The van der Waals surface area contributed by atoms with E-state index in [1.54, 1.807) is 0 Å². The van der Waals surface area contributed by atoms with Crippen LogP contribution in [0, 0.1) is 0 Å². The lowest BCUT2D eigenvalue weighted by Crippen LogP contribution is -2.31. The zero-order valence-corrected chi connectivity index (χ0v) is 14.4. The van der Waals surface area contributed by atoms with Gasteiger partial charge < -0.3 is 0 Å². The highest BCUT2D eigenvalue weighted by atomic mass is 79.9. The molecular weight excluding hydrogens is 336 g/mol. The highest BCUT2D eigenvalue weighted by molar-refractivity contribution is 9.09. The summed E-state index contributed by atoms with van der Waals surface area (Å²) in [5.74, 6) is 0.342. The van der Waals surface area contributed by atoms with E-state index in [4.69, 9.17) is 0 Å². The first-order chi connectivity index (χ1) is 9.54. The average molecular weight is 359 g/mol. The molecule has 0 saturated carbocycles. The van der Waals surface area contributed by atoms with Gasteiger partial charge in [0.15, 0.2) is 9.84 Å². The van der Waals surface area contributed by atoms with Crippen molar-refractivity contribution in [3.05, 3.63) is 35.4 Å². The molecule has 0 spiro atoms. The Labute approximate surface area is 131 Å². The van der Waals surface area contributed by atoms with E-state index in [1.807, 2.05) is 0 Å². The Balaban J connectivity index is 2.10. The van der Waals surface area contributed by atoms with Crippen molar-refractivity contribution >= 4 is 25.8 Å². The fourth-order valence-electron chi connectivity index (χ4n) is 2.77. The highest BCUT2D eigenvalue weighted by Crippen LogP contribution is 2.36. The van der Waals surface area contributed by atoms with Crippen molar-refractivity contribution in [2.45, 2.75) is 55.5 Å². The van der Waals surface area contributed by atoms with E-state index in [2.05, 4.69) is 47.1 Å². The number of aryl methyl sites for hydroxylation is 1. The second-order valence-corrected chi connectivity index (χ2v) is 8.97. The zero-order chi connectivity index (χ0) is 14.6. The van der Waals surface area contributed by atoms with E-state index in [1.165, 1.54) is 18.4 Å². The first-order valence-electron chi connectivity index (χ1n) is 7.49. The third-order valence-corrected chi connectivity index (χ3v) is 7.88. The van der Waals surface area contributed by atoms with E-state index in [0.29, 0.717) is 5.75 Å². The third kappa shape index (κ3) is 3.85. The van der Waals surface area contributed by atoms with Crippen LogP contribution in [0.1, 0.15) is 55.0 Å². The lowest BCUT2D eigenvalue weighted by Gasteiger charge is -2.26. The van der Waals surface area contributed by atoms with Gasteiger partial charge in [0.1, 0.15) is 0 Å². The van der Waals surface area contributed by atoms with Crippen LogP contribution in [0.5, 0.6) is 0 Å². The lowest BCUT2D eigenvalue weighted by atomic mass is 10.0. The van der Waals surface area contributed by atoms with Crippen LogP contribution >= 0.6 is 15.9 Å². The molecule has 0 amide bonds. The summed E-state index contributed by atoms with van der Waals surface area (Å²) >= 11 is 3.62. The van der Waals surface area contributed by atoms with Gasteiger partial charge >= 0.3 is 0 Å². The smallest absolute Gasteiger partial charge is 0.154 e. The summed E-state index contributed by atoms with van der Waals surface area (Å²) in [5, 5.41) is -0.266. The van der Waals surface area contributed by atoms with Crippen LogP contribution in [0.25, 0.3) is 0 Å². The summed E-state index contributed by atoms with van der Waals surface area (Å²) in [4.78, 5) is -0.0759. The minimum atomic E-state index is -2.94. The zero-order valence-electron chi connectivity index (χ0n) is 12.0. The maximum Gasteiger partial charge on any atom is 0.154 e. The molecule has 2 unspecified atom stereocenters. The van der Waals surface area contributed by atoms with Crippen LogP contribution in [-0.4, -0.2) is 19.4 Å². The molecule has 0 bridgehead atoms. The average Bonchev–Trinajstić information content (AvgIpc) is 2.44. The monoisotopic (exact) mass is 358 g/mol. The second-order valence-electron chi connectivity index (χ2n) is 5.65. The van der Waals surface area contributed by atoms with Crippen molar-refractivity contribution in [1.29, 1.82) is 0 Å². The Morgan fingerprint density at radius 1 is 1.25 bits per heavy atom. The van der Waals surface area contributed by atoms with Gasteiger partial charge in [0, 0.05) is 0 Å². The molecule has 2 atom stereocenters. The predicted octanol–water partition coefficient (Wildman–Crippen LogP) is 4.43. The van der Waals surface area contributed by atoms with Gasteiger partial charge in [-0.3, -0.25) is 0 Å². The van der Waals surface area contributed by atoms with Gasteiger partial charge in [-0.15, -0.1) is 0 Å². The molecule has 20 heavy (non-hydrogen) atoms. The molecule has 1 fully saturated rings. The maximum absolute atomic E-state index is 12.2. The molecule has 1 aliphatic heterocycles. The number of unbranched alkanes of at least 4 members (excludes halogenated alkanes) is 1. The molecule has 2 rings (SSSR count). The number of sulfone groups is 1. The Morgan fingerprint density at radius 3 is 2.55 bits per heavy atom. The molecule has 4 heteroatoms. The summed E-state index contributed by atoms with van der Waals surface area (Å²) in [6.07, 6.45) is 6.10. The summed E-state index contributed by atoms with van der Waals surface area (Å²) in [6.45, 7) is 2.19. The Kier molecular flexibility index (Phi) is 5.67. The molecule has 0 aliphatic carbocycles. The van der Waals surface area contributed by atoms with E-state index >= 15 is 0 Å². The van der Waals surface area contributed by atoms with E-state index in [9.17, 15) is 8.42 Å². The molecule has 0 aromatic heterocycles. The SMILES string of the molecule is CCCCc1ccc(C(Br)C2CCCCS2(=O)=O)cc1. The number of rotatable bonds is 5. The van der Waals surface area contributed by atoms with Gasteiger partial charge in [0.25, 0.3) is 0 Å². The van der Waals surface area contributed by atoms with Gasteiger partial charge in [-0.1, -0.05) is 60.0 Å². The largest absolute Gasteiger partial charge is 0.228 e. The number of alkyl halides is 1. The number of benzene rings is 1. The normalized spacial score (nSPS) is 23.4. The molecule has 1 aromatic rings. The van der Waals surface area contributed by atoms with Crippen LogP contribution in [-0.2, 0) is 16.3 Å². The molecule has 112 valence electrons. The fraction of sp³-hybridized carbons (Fsp3) is 0.625. The summed E-state index contributed by atoms with van der Waals surface area (Å²) in [5.41, 5.74) is 2.42. The van der Waals surface area contributed by atoms with Crippen molar-refractivity contribution in [1.82, 2.24) is 0 Å². The number of halogens is 1. The van der Waals surface area contributed by atoms with Crippen molar-refractivity contribution in [3.63, 3.8) is 0 Å². The molecule has 0 radical (unpaired) electrons. The Morgan fingerprint density at radius 2 is 1.95 bits per heavy atom. The maximum atomic E-state index is 12.2. The summed E-state index contributed by atoms with van der Waals surface area (Å²) < 4.78 is 24.3. The first kappa shape index (κ1) is 16.0.